The van der Waals surface area contributed by atoms with Crippen molar-refractivity contribution in [3.63, 3.8) is 0 Å². The Morgan fingerprint density at radius 2 is 1.95 bits per heavy atom. The van der Waals surface area contributed by atoms with E-state index in [1.807, 2.05) is 0 Å². The molecule has 1 saturated carbocycles. The minimum Gasteiger partial charge on any atom is -0.390 e. The summed E-state index contributed by atoms with van der Waals surface area (Å²) in [5, 5.41) is 10.3. The van der Waals surface area contributed by atoms with E-state index >= 15 is 0 Å². The van der Waals surface area contributed by atoms with Gasteiger partial charge in [0.1, 0.15) is 11.6 Å². The molecule has 0 spiro atoms. The van der Waals surface area contributed by atoms with E-state index < -0.39 is 17.7 Å². The molecule has 0 amide bonds. The topological polar surface area (TPSA) is 29.5 Å². The molecule has 1 aliphatic carbocycles. The molecule has 1 N–H and O–H groups in total. The normalized spacial score (nSPS) is 19.8. The standard InChI is InChI=1S/C16H22F2O2/c1-20-16(11-5-3-2-4-6-11)15(19)10-12-9-13(17)7-8-14(12)18/h7-9,11,15-16,19H,2-6,10H2,1H3. The highest BCUT2D eigenvalue weighted by Crippen LogP contribution is 2.30. The van der Waals surface area contributed by atoms with Crippen LogP contribution < -0.4 is 0 Å². The minimum absolute atomic E-state index is 0.0819. The van der Waals surface area contributed by atoms with Crippen molar-refractivity contribution in [3.8, 4) is 0 Å². The minimum atomic E-state index is -0.806. The van der Waals surface area contributed by atoms with Gasteiger partial charge in [-0.25, -0.2) is 8.78 Å². The van der Waals surface area contributed by atoms with E-state index in [1.54, 1.807) is 7.11 Å². The smallest absolute Gasteiger partial charge is 0.126 e. The summed E-state index contributed by atoms with van der Waals surface area (Å²) in [5.74, 6) is -0.662. The first-order valence-corrected chi connectivity index (χ1v) is 7.26. The number of methoxy groups -OCH3 is 1. The first-order valence-electron chi connectivity index (χ1n) is 7.26. The summed E-state index contributed by atoms with van der Waals surface area (Å²) in [6.45, 7) is 0. The van der Waals surface area contributed by atoms with Crippen LogP contribution in [0.25, 0.3) is 0 Å². The Hall–Kier alpha value is -1.00. The third-order valence-electron chi connectivity index (χ3n) is 4.20. The highest BCUT2D eigenvalue weighted by molar-refractivity contribution is 5.19. The number of hydrogen-bond acceptors (Lipinski definition) is 2. The highest BCUT2D eigenvalue weighted by atomic mass is 19.1. The van der Waals surface area contributed by atoms with E-state index in [-0.39, 0.29) is 18.1 Å². The van der Waals surface area contributed by atoms with Crippen molar-refractivity contribution in [2.24, 2.45) is 5.92 Å². The number of halogens is 2. The summed E-state index contributed by atoms with van der Waals surface area (Å²) >= 11 is 0. The highest BCUT2D eigenvalue weighted by Gasteiger charge is 2.30. The fraction of sp³-hybridized carbons (Fsp3) is 0.625. The first-order chi connectivity index (χ1) is 9.61. The van der Waals surface area contributed by atoms with Crippen LogP contribution in [0.3, 0.4) is 0 Å². The lowest BCUT2D eigenvalue weighted by atomic mass is 9.82. The molecule has 2 atom stereocenters. The molecule has 0 saturated heterocycles. The van der Waals surface area contributed by atoms with E-state index in [0.29, 0.717) is 5.92 Å². The summed E-state index contributed by atoms with van der Waals surface area (Å²) < 4.78 is 32.2. The average molecular weight is 284 g/mol. The lowest BCUT2D eigenvalue weighted by Gasteiger charge is -2.32. The van der Waals surface area contributed by atoms with Gasteiger partial charge in [-0.1, -0.05) is 19.3 Å². The van der Waals surface area contributed by atoms with E-state index in [1.165, 1.54) is 6.42 Å². The zero-order valence-corrected chi connectivity index (χ0v) is 11.8. The molecule has 1 fully saturated rings. The predicted octanol–water partition coefficient (Wildman–Crippen LogP) is 3.46. The van der Waals surface area contributed by atoms with Gasteiger partial charge in [-0.05, 0) is 42.5 Å². The average Bonchev–Trinajstić information content (AvgIpc) is 2.45. The van der Waals surface area contributed by atoms with Crippen LogP contribution in [0, 0.1) is 17.6 Å². The molecular weight excluding hydrogens is 262 g/mol. The van der Waals surface area contributed by atoms with E-state index in [4.69, 9.17) is 4.74 Å². The Balaban J connectivity index is 2.04. The molecule has 0 heterocycles. The van der Waals surface area contributed by atoms with Crippen LogP contribution in [0.5, 0.6) is 0 Å². The largest absolute Gasteiger partial charge is 0.390 e. The summed E-state index contributed by atoms with van der Waals surface area (Å²) in [6, 6.07) is 3.33. The Bertz CT molecular complexity index is 430. The van der Waals surface area contributed by atoms with Gasteiger partial charge in [0.05, 0.1) is 12.2 Å². The molecule has 0 radical (unpaired) electrons. The maximum atomic E-state index is 13.6. The van der Waals surface area contributed by atoms with Gasteiger partial charge in [-0.3, -0.25) is 0 Å². The van der Waals surface area contributed by atoms with Gasteiger partial charge in [0.2, 0.25) is 0 Å². The van der Waals surface area contributed by atoms with Gasteiger partial charge in [0.15, 0.2) is 0 Å². The maximum absolute atomic E-state index is 13.6. The summed E-state index contributed by atoms with van der Waals surface area (Å²) in [6.07, 6.45) is 4.54. The van der Waals surface area contributed by atoms with Crippen LogP contribution in [0.15, 0.2) is 18.2 Å². The van der Waals surface area contributed by atoms with E-state index in [9.17, 15) is 13.9 Å². The lowest BCUT2D eigenvalue weighted by Crippen LogP contribution is -2.38. The van der Waals surface area contributed by atoms with Crippen LogP contribution in [0.4, 0.5) is 8.78 Å². The third kappa shape index (κ3) is 3.76. The van der Waals surface area contributed by atoms with Crippen molar-refractivity contribution >= 4 is 0 Å². The molecule has 1 aliphatic rings. The van der Waals surface area contributed by atoms with Crippen molar-refractivity contribution in [1.29, 1.82) is 0 Å². The fourth-order valence-corrected chi connectivity index (χ4v) is 3.17. The fourth-order valence-electron chi connectivity index (χ4n) is 3.17. The van der Waals surface area contributed by atoms with Crippen LogP contribution in [0.2, 0.25) is 0 Å². The number of hydrogen-bond donors (Lipinski definition) is 1. The van der Waals surface area contributed by atoms with Crippen LogP contribution in [-0.2, 0) is 11.2 Å². The van der Waals surface area contributed by atoms with Crippen molar-refractivity contribution in [3.05, 3.63) is 35.4 Å². The molecule has 1 aromatic rings. The van der Waals surface area contributed by atoms with Gasteiger partial charge in [-0.2, -0.15) is 0 Å². The second-order valence-corrected chi connectivity index (χ2v) is 5.61. The van der Waals surface area contributed by atoms with Crippen LogP contribution >= 0.6 is 0 Å². The van der Waals surface area contributed by atoms with Gasteiger partial charge >= 0.3 is 0 Å². The number of rotatable bonds is 5. The summed E-state index contributed by atoms with van der Waals surface area (Å²) in [5.41, 5.74) is 0.204. The first kappa shape index (κ1) is 15.4. The molecule has 0 aliphatic heterocycles. The van der Waals surface area contributed by atoms with Crippen molar-refractivity contribution < 1.29 is 18.6 Å². The molecule has 2 unspecified atom stereocenters. The Morgan fingerprint density at radius 1 is 1.25 bits per heavy atom. The lowest BCUT2D eigenvalue weighted by molar-refractivity contribution is -0.0538. The molecule has 112 valence electrons. The zero-order chi connectivity index (χ0) is 14.5. The molecule has 20 heavy (non-hydrogen) atoms. The molecule has 1 aromatic carbocycles. The number of benzene rings is 1. The van der Waals surface area contributed by atoms with Crippen molar-refractivity contribution in [2.75, 3.05) is 7.11 Å². The van der Waals surface area contributed by atoms with Crippen LogP contribution in [0.1, 0.15) is 37.7 Å². The Morgan fingerprint density at radius 3 is 2.60 bits per heavy atom. The molecule has 2 rings (SSSR count). The number of aliphatic hydroxyl groups excluding tert-OH is 1. The number of aliphatic hydroxyl groups is 1. The molecule has 0 aromatic heterocycles. The second kappa shape index (κ2) is 7.14. The predicted molar refractivity (Wildman–Crippen MR) is 73.4 cm³/mol. The van der Waals surface area contributed by atoms with Crippen molar-refractivity contribution in [2.45, 2.75) is 50.7 Å². The summed E-state index contributed by atoms with van der Waals surface area (Å²) in [4.78, 5) is 0. The zero-order valence-electron chi connectivity index (χ0n) is 11.8. The maximum Gasteiger partial charge on any atom is 0.126 e. The molecular formula is C16H22F2O2. The van der Waals surface area contributed by atoms with Crippen molar-refractivity contribution in [1.82, 2.24) is 0 Å². The van der Waals surface area contributed by atoms with Gasteiger partial charge < -0.3 is 9.84 Å². The molecule has 2 nitrogen and oxygen atoms in total. The Labute approximate surface area is 118 Å². The Kier molecular flexibility index (Phi) is 5.49. The second-order valence-electron chi connectivity index (χ2n) is 5.61. The SMILES string of the molecule is COC(C(O)Cc1cc(F)ccc1F)C1CCCCC1. The van der Waals surface area contributed by atoms with Crippen LogP contribution in [-0.4, -0.2) is 24.4 Å². The van der Waals surface area contributed by atoms with E-state index in [0.717, 1.165) is 43.9 Å². The molecule has 0 bridgehead atoms. The molecule has 4 heteroatoms. The van der Waals surface area contributed by atoms with E-state index in [2.05, 4.69) is 0 Å². The third-order valence-corrected chi connectivity index (χ3v) is 4.20. The van der Waals surface area contributed by atoms with Gasteiger partial charge in [0, 0.05) is 13.5 Å². The summed E-state index contributed by atoms with van der Waals surface area (Å²) in [7, 11) is 1.57. The quantitative estimate of drug-likeness (QED) is 0.897. The number of ether oxygens (including phenoxy) is 1. The van der Waals surface area contributed by atoms with Gasteiger partial charge in [0.25, 0.3) is 0 Å². The monoisotopic (exact) mass is 284 g/mol. The van der Waals surface area contributed by atoms with Gasteiger partial charge in [-0.15, -0.1) is 0 Å².